The Morgan fingerprint density at radius 1 is 1.13 bits per heavy atom. The topological polar surface area (TPSA) is 108 Å². The summed E-state index contributed by atoms with van der Waals surface area (Å²) in [6.07, 6.45) is 1.92. The molecular formula is C22H12Cl2N4O3. The van der Waals surface area contributed by atoms with Gasteiger partial charge in [-0.1, -0.05) is 41.4 Å². The molecule has 0 aliphatic heterocycles. The molecule has 5 aromatic rings. The van der Waals surface area contributed by atoms with Crippen LogP contribution in [0.15, 0.2) is 59.4 Å². The zero-order valence-electron chi connectivity index (χ0n) is 15.6. The van der Waals surface area contributed by atoms with Crippen molar-refractivity contribution >= 4 is 45.2 Å². The fraction of sp³-hybridized carbons (Fsp3) is 0.0455. The molecule has 0 spiro atoms. The largest absolute Gasteiger partial charge is 0.453 e. The van der Waals surface area contributed by atoms with Crippen LogP contribution in [0.25, 0.3) is 22.0 Å². The van der Waals surface area contributed by atoms with Gasteiger partial charge < -0.3 is 19.2 Å². The van der Waals surface area contributed by atoms with Gasteiger partial charge in [0, 0.05) is 28.8 Å². The first-order chi connectivity index (χ1) is 15.0. The van der Waals surface area contributed by atoms with Crippen LogP contribution in [-0.4, -0.2) is 20.1 Å². The van der Waals surface area contributed by atoms with Crippen molar-refractivity contribution in [1.29, 1.82) is 5.26 Å². The minimum absolute atomic E-state index is 0.198. The highest BCUT2D eigenvalue weighted by atomic mass is 35.5. The maximum absolute atomic E-state index is 10.9. The van der Waals surface area contributed by atoms with Crippen LogP contribution in [0.2, 0.25) is 10.2 Å². The number of H-pyrrole nitrogens is 1. The molecule has 31 heavy (non-hydrogen) atoms. The highest BCUT2D eigenvalue weighted by Crippen LogP contribution is 2.38. The first kappa shape index (κ1) is 19.4. The predicted molar refractivity (Wildman–Crippen MR) is 115 cm³/mol. The van der Waals surface area contributed by atoms with E-state index in [2.05, 4.69) is 15.0 Å². The van der Waals surface area contributed by atoms with E-state index in [0.717, 1.165) is 5.39 Å². The number of fused-ring (bicyclic) bond motifs is 2. The number of ether oxygens (including phenoxy) is 1. The zero-order chi connectivity index (χ0) is 21.5. The molecule has 3 aromatic heterocycles. The van der Waals surface area contributed by atoms with Crippen LogP contribution < -0.4 is 4.74 Å². The van der Waals surface area contributed by atoms with Crippen LogP contribution in [0.4, 0.5) is 0 Å². The number of aromatic amines is 1. The molecule has 0 fully saturated rings. The van der Waals surface area contributed by atoms with Crippen molar-refractivity contribution in [2.24, 2.45) is 0 Å². The molecule has 1 unspecified atom stereocenters. The Hall–Kier alpha value is -3.57. The lowest BCUT2D eigenvalue weighted by molar-refractivity contribution is 0.222. The molecule has 0 amide bonds. The monoisotopic (exact) mass is 450 g/mol. The number of hydrogen-bond acceptors (Lipinski definition) is 6. The molecule has 0 aliphatic rings. The van der Waals surface area contributed by atoms with Crippen molar-refractivity contribution in [3.05, 3.63) is 82.1 Å². The van der Waals surface area contributed by atoms with Gasteiger partial charge in [-0.3, -0.25) is 0 Å². The highest BCUT2D eigenvalue weighted by Gasteiger charge is 2.21. The van der Waals surface area contributed by atoms with E-state index in [0.29, 0.717) is 44.3 Å². The van der Waals surface area contributed by atoms with Crippen LogP contribution in [0.5, 0.6) is 11.5 Å². The third kappa shape index (κ3) is 3.37. The van der Waals surface area contributed by atoms with Crippen molar-refractivity contribution in [3.63, 3.8) is 0 Å². The smallest absolute Gasteiger partial charge is 0.205 e. The van der Waals surface area contributed by atoms with Gasteiger partial charge in [0.25, 0.3) is 0 Å². The standard InChI is InChI=1S/C22H12Cl2N4O3/c23-16-7-12(30-17-3-1-2-11-6-13(8-25)31-20(11)17)4-5-14(16)19(29)15-9-26-22-18(15)21(24)27-10-28-22/h1-7,9-10,19,29H,(H,26,27,28). The van der Waals surface area contributed by atoms with Crippen LogP contribution in [-0.2, 0) is 0 Å². The summed E-state index contributed by atoms with van der Waals surface area (Å²) < 4.78 is 11.5. The molecule has 2 N–H and O–H groups in total. The van der Waals surface area contributed by atoms with E-state index in [4.69, 9.17) is 37.6 Å². The van der Waals surface area contributed by atoms with Crippen molar-refractivity contribution in [2.75, 3.05) is 0 Å². The van der Waals surface area contributed by atoms with E-state index in [1.54, 1.807) is 42.6 Å². The zero-order valence-corrected chi connectivity index (χ0v) is 17.1. The number of nitriles is 1. The third-order valence-electron chi connectivity index (χ3n) is 4.86. The van der Waals surface area contributed by atoms with Gasteiger partial charge in [0.2, 0.25) is 5.76 Å². The predicted octanol–water partition coefficient (Wildman–Crippen LogP) is 5.76. The van der Waals surface area contributed by atoms with E-state index in [9.17, 15) is 5.11 Å². The SMILES string of the molecule is N#Cc1cc2cccc(Oc3ccc(C(O)c4c[nH]c5ncnc(Cl)c45)c(Cl)c3)c2o1. The number of furan rings is 1. The number of aliphatic hydroxyl groups excluding tert-OH is 1. The highest BCUT2D eigenvalue weighted by molar-refractivity contribution is 6.34. The fourth-order valence-corrected chi connectivity index (χ4v) is 3.94. The van der Waals surface area contributed by atoms with E-state index >= 15 is 0 Å². The summed E-state index contributed by atoms with van der Waals surface area (Å²) in [6.45, 7) is 0. The Morgan fingerprint density at radius 2 is 2.00 bits per heavy atom. The minimum Gasteiger partial charge on any atom is -0.453 e. The van der Waals surface area contributed by atoms with Gasteiger partial charge in [0.1, 0.15) is 35.1 Å². The molecule has 7 nitrogen and oxygen atoms in total. The van der Waals surface area contributed by atoms with Crippen molar-refractivity contribution in [1.82, 2.24) is 15.0 Å². The first-order valence-electron chi connectivity index (χ1n) is 9.10. The lowest BCUT2D eigenvalue weighted by Crippen LogP contribution is -2.00. The van der Waals surface area contributed by atoms with Gasteiger partial charge in [-0.05, 0) is 18.2 Å². The number of nitrogens with zero attached hydrogens (tertiary/aromatic N) is 3. The van der Waals surface area contributed by atoms with Gasteiger partial charge in [0.15, 0.2) is 11.3 Å². The van der Waals surface area contributed by atoms with Gasteiger partial charge in [-0.25, -0.2) is 9.97 Å². The molecule has 152 valence electrons. The Bertz CT molecular complexity index is 1490. The molecule has 0 saturated heterocycles. The van der Waals surface area contributed by atoms with Gasteiger partial charge >= 0.3 is 0 Å². The van der Waals surface area contributed by atoms with E-state index < -0.39 is 6.10 Å². The summed E-state index contributed by atoms with van der Waals surface area (Å²) >= 11 is 12.6. The fourth-order valence-electron chi connectivity index (χ4n) is 3.42. The van der Waals surface area contributed by atoms with Gasteiger partial charge in [-0.2, -0.15) is 5.26 Å². The molecule has 2 aromatic carbocycles. The second-order valence-corrected chi connectivity index (χ2v) is 7.48. The molecular weight excluding hydrogens is 439 g/mol. The molecule has 0 saturated carbocycles. The van der Waals surface area contributed by atoms with Crippen molar-refractivity contribution in [2.45, 2.75) is 6.10 Å². The number of benzene rings is 2. The summed E-state index contributed by atoms with van der Waals surface area (Å²) in [5.41, 5.74) is 1.97. The van der Waals surface area contributed by atoms with E-state index in [1.807, 2.05) is 12.1 Å². The number of halogens is 2. The van der Waals surface area contributed by atoms with Gasteiger partial charge in [-0.15, -0.1) is 0 Å². The number of aliphatic hydroxyl groups is 1. The summed E-state index contributed by atoms with van der Waals surface area (Å²) in [7, 11) is 0. The van der Waals surface area contributed by atoms with Crippen LogP contribution in [0.1, 0.15) is 23.0 Å². The lowest BCUT2D eigenvalue weighted by Gasteiger charge is -2.14. The maximum atomic E-state index is 10.9. The lowest BCUT2D eigenvalue weighted by atomic mass is 10.0. The van der Waals surface area contributed by atoms with Crippen molar-refractivity contribution < 1.29 is 14.3 Å². The van der Waals surface area contributed by atoms with E-state index in [-0.39, 0.29) is 10.9 Å². The second-order valence-electron chi connectivity index (χ2n) is 6.72. The number of nitrogens with one attached hydrogen (secondary N) is 1. The summed E-state index contributed by atoms with van der Waals surface area (Å²) in [6, 6.07) is 13.9. The molecule has 3 heterocycles. The number of para-hydroxylation sites is 1. The third-order valence-corrected chi connectivity index (χ3v) is 5.48. The van der Waals surface area contributed by atoms with Crippen molar-refractivity contribution in [3.8, 4) is 17.6 Å². The average molecular weight is 451 g/mol. The first-order valence-corrected chi connectivity index (χ1v) is 9.86. The molecule has 0 bridgehead atoms. The maximum Gasteiger partial charge on any atom is 0.205 e. The Balaban J connectivity index is 1.48. The van der Waals surface area contributed by atoms with Crippen LogP contribution >= 0.6 is 23.2 Å². The van der Waals surface area contributed by atoms with Crippen LogP contribution in [0, 0.1) is 11.3 Å². The normalized spacial score (nSPS) is 12.2. The Kier molecular flexibility index (Phi) is 4.75. The molecule has 0 aliphatic carbocycles. The molecule has 1 atom stereocenters. The molecule has 9 heteroatoms. The number of aromatic nitrogens is 3. The second kappa shape index (κ2) is 7.60. The Labute approximate surface area is 185 Å². The number of rotatable bonds is 4. The quantitative estimate of drug-likeness (QED) is 0.337. The average Bonchev–Trinajstić information content (AvgIpc) is 3.39. The summed E-state index contributed by atoms with van der Waals surface area (Å²) in [5, 5.41) is 21.8. The summed E-state index contributed by atoms with van der Waals surface area (Å²) in [4.78, 5) is 11.1. The Morgan fingerprint density at radius 3 is 2.81 bits per heavy atom. The summed E-state index contributed by atoms with van der Waals surface area (Å²) in [5.74, 6) is 1.09. The number of hydrogen-bond donors (Lipinski definition) is 2. The van der Waals surface area contributed by atoms with Gasteiger partial charge in [0.05, 0.1) is 10.4 Å². The molecule has 0 radical (unpaired) electrons. The molecule has 5 rings (SSSR count). The minimum atomic E-state index is -1.05. The van der Waals surface area contributed by atoms with Crippen LogP contribution in [0.3, 0.4) is 0 Å². The van der Waals surface area contributed by atoms with E-state index in [1.165, 1.54) is 6.33 Å².